The van der Waals surface area contributed by atoms with Crippen LogP contribution in [-0.2, 0) is 22.5 Å². The number of primary amides is 1. The second-order valence-corrected chi connectivity index (χ2v) is 12.6. The number of carboxylic acid groups (broad SMARTS) is 1. The molecule has 2 saturated heterocycles. The highest BCUT2D eigenvalue weighted by atomic mass is 19.4. The maximum absolute atomic E-state index is 14.6. The molecule has 2 aliphatic heterocycles. The van der Waals surface area contributed by atoms with Gasteiger partial charge in [-0.25, -0.2) is 4.39 Å². The van der Waals surface area contributed by atoms with Crippen molar-refractivity contribution >= 4 is 39.1 Å². The number of pyridine rings is 2. The highest BCUT2D eigenvalue weighted by molar-refractivity contribution is 6.04. The highest BCUT2D eigenvalue weighted by Gasteiger charge is 2.45. The zero-order valence-electron chi connectivity index (χ0n) is 27.7. The SMILES string of the molecule is NC(=O)c1c(F)cc(N2CCOCC2C(F)(F)F)cc1CN1CCCC1.O=C(O)CCc1cccc2c(-c3cccc4ccncc34)nccc12. The molecule has 0 bridgehead atoms. The average Bonchev–Trinajstić information content (AvgIpc) is 3.63. The number of aryl methyl sites for hydroxylation is 1. The van der Waals surface area contributed by atoms with Crippen molar-refractivity contribution < 1.29 is 37.0 Å². The third-order valence-electron chi connectivity index (χ3n) is 9.28. The molecule has 3 aromatic carbocycles. The van der Waals surface area contributed by atoms with Crippen LogP contribution in [0.25, 0.3) is 32.8 Å². The number of hydrogen-bond donors (Lipinski definition) is 2. The van der Waals surface area contributed by atoms with Gasteiger partial charge < -0.3 is 20.5 Å². The molecule has 1 atom stereocenters. The number of hydrogen-bond acceptors (Lipinski definition) is 7. The molecule has 0 saturated carbocycles. The highest BCUT2D eigenvalue weighted by Crippen LogP contribution is 2.35. The van der Waals surface area contributed by atoms with E-state index in [2.05, 4.69) is 22.1 Å². The number of likely N-dealkylation sites (tertiary alicyclic amines) is 1. The molecule has 2 aromatic heterocycles. The van der Waals surface area contributed by atoms with E-state index in [4.69, 9.17) is 15.6 Å². The normalized spacial score (nSPS) is 16.6. The van der Waals surface area contributed by atoms with Crippen molar-refractivity contribution in [3.05, 3.63) is 102 Å². The summed E-state index contributed by atoms with van der Waals surface area (Å²) in [4.78, 5) is 34.6. The van der Waals surface area contributed by atoms with Gasteiger partial charge in [-0.15, -0.1) is 0 Å². The van der Waals surface area contributed by atoms with Gasteiger partial charge in [0.2, 0.25) is 0 Å². The van der Waals surface area contributed by atoms with Crippen molar-refractivity contribution in [2.75, 3.05) is 37.7 Å². The average molecular weight is 704 g/mol. The Morgan fingerprint density at radius 1 is 0.941 bits per heavy atom. The van der Waals surface area contributed by atoms with Crippen LogP contribution < -0.4 is 10.6 Å². The van der Waals surface area contributed by atoms with E-state index in [0.29, 0.717) is 12.0 Å². The molecular weight excluding hydrogens is 666 g/mol. The molecule has 13 heteroatoms. The van der Waals surface area contributed by atoms with E-state index >= 15 is 0 Å². The minimum Gasteiger partial charge on any atom is -0.481 e. The Labute approximate surface area is 291 Å². The van der Waals surface area contributed by atoms with Crippen molar-refractivity contribution in [3.8, 4) is 11.3 Å². The van der Waals surface area contributed by atoms with Crippen molar-refractivity contribution in [2.24, 2.45) is 5.73 Å². The first-order valence-corrected chi connectivity index (χ1v) is 16.7. The number of carbonyl (C=O) groups excluding carboxylic acids is 1. The van der Waals surface area contributed by atoms with Gasteiger partial charge in [-0.2, -0.15) is 13.2 Å². The largest absolute Gasteiger partial charge is 0.481 e. The van der Waals surface area contributed by atoms with Gasteiger partial charge in [0.05, 0.1) is 24.5 Å². The number of anilines is 1. The molecule has 1 amide bonds. The third-order valence-corrected chi connectivity index (χ3v) is 9.28. The fourth-order valence-corrected chi connectivity index (χ4v) is 6.85. The molecule has 4 heterocycles. The molecule has 1 unspecified atom stereocenters. The van der Waals surface area contributed by atoms with E-state index in [1.807, 2.05) is 47.5 Å². The van der Waals surface area contributed by atoms with E-state index in [9.17, 15) is 27.2 Å². The summed E-state index contributed by atoms with van der Waals surface area (Å²) < 4.78 is 59.5. The van der Waals surface area contributed by atoms with Crippen molar-refractivity contribution in [3.63, 3.8) is 0 Å². The molecule has 7 rings (SSSR count). The second-order valence-electron chi connectivity index (χ2n) is 12.6. The lowest BCUT2D eigenvalue weighted by Gasteiger charge is -2.38. The van der Waals surface area contributed by atoms with E-state index in [1.165, 1.54) is 6.07 Å². The topological polar surface area (TPSA) is 122 Å². The van der Waals surface area contributed by atoms with Gasteiger partial charge in [0, 0.05) is 60.1 Å². The predicted octanol–water partition coefficient (Wildman–Crippen LogP) is 6.76. The number of halogens is 4. The zero-order chi connectivity index (χ0) is 36.1. The summed E-state index contributed by atoms with van der Waals surface area (Å²) in [6, 6.07) is 16.6. The van der Waals surface area contributed by atoms with Crippen molar-refractivity contribution in [1.29, 1.82) is 0 Å². The molecule has 0 aliphatic carbocycles. The molecular formula is C38H37F4N5O4. The molecule has 3 N–H and O–H groups in total. The number of benzene rings is 3. The van der Waals surface area contributed by atoms with Crippen LogP contribution in [0, 0.1) is 5.82 Å². The van der Waals surface area contributed by atoms with E-state index < -0.39 is 36.5 Å². The fourth-order valence-electron chi connectivity index (χ4n) is 6.85. The van der Waals surface area contributed by atoms with Gasteiger partial charge in [0.15, 0.2) is 0 Å². The zero-order valence-corrected chi connectivity index (χ0v) is 27.7. The monoisotopic (exact) mass is 703 g/mol. The summed E-state index contributed by atoms with van der Waals surface area (Å²) in [6.45, 7) is 1.48. The lowest BCUT2D eigenvalue weighted by molar-refractivity contribution is -0.167. The van der Waals surface area contributed by atoms with Gasteiger partial charge in [-0.05, 0) is 78.5 Å². The first-order valence-electron chi connectivity index (χ1n) is 16.7. The van der Waals surface area contributed by atoms with Crippen molar-refractivity contribution in [1.82, 2.24) is 14.9 Å². The van der Waals surface area contributed by atoms with Crippen LogP contribution in [-0.4, -0.2) is 76.9 Å². The van der Waals surface area contributed by atoms with Crippen LogP contribution in [0.4, 0.5) is 23.2 Å². The summed E-state index contributed by atoms with van der Waals surface area (Å²) in [5.74, 6) is -2.60. The molecule has 2 aliphatic rings. The standard InChI is InChI=1S/C21H16N2O2.C17H21F4N3O2/c24-20(25)8-7-14-3-1-5-17-16(14)10-12-23-21(17)18-6-2-4-15-9-11-22-13-19(15)18;18-13-8-12(24-5-6-26-10-14(24)17(19,20)21)7-11(15(13)16(22)25)9-23-3-1-2-4-23/h1-6,9-13H,7-8H2,(H,24,25);7-8,14H,1-6,9-10H2,(H2,22,25). The van der Waals surface area contributed by atoms with Gasteiger partial charge in [0.25, 0.3) is 5.91 Å². The maximum atomic E-state index is 14.6. The van der Waals surface area contributed by atoms with Gasteiger partial charge in [-0.1, -0.05) is 36.4 Å². The number of rotatable bonds is 8. The number of morpholine rings is 1. The Bertz CT molecular complexity index is 2050. The minimum absolute atomic E-state index is 0.0112. The van der Waals surface area contributed by atoms with Crippen LogP contribution in [0.1, 0.15) is 40.7 Å². The lowest BCUT2D eigenvalue weighted by atomic mass is 9.96. The first-order chi connectivity index (χ1) is 24.5. The van der Waals surface area contributed by atoms with Crippen LogP contribution in [0.5, 0.6) is 0 Å². The summed E-state index contributed by atoms with van der Waals surface area (Å²) in [7, 11) is 0. The number of nitrogens with zero attached hydrogens (tertiary/aromatic N) is 4. The number of aromatic nitrogens is 2. The van der Waals surface area contributed by atoms with Crippen LogP contribution in [0.3, 0.4) is 0 Å². The summed E-state index contributed by atoms with van der Waals surface area (Å²) >= 11 is 0. The predicted molar refractivity (Wildman–Crippen MR) is 186 cm³/mol. The van der Waals surface area contributed by atoms with Gasteiger partial charge >= 0.3 is 12.1 Å². The summed E-state index contributed by atoms with van der Waals surface area (Å²) in [5, 5.41) is 13.2. The lowest BCUT2D eigenvalue weighted by Crippen LogP contribution is -2.53. The Balaban J connectivity index is 0.000000176. The van der Waals surface area contributed by atoms with E-state index in [0.717, 1.165) is 75.3 Å². The molecule has 9 nitrogen and oxygen atoms in total. The van der Waals surface area contributed by atoms with Crippen LogP contribution in [0.15, 0.2) is 79.3 Å². The van der Waals surface area contributed by atoms with Crippen molar-refractivity contribution in [2.45, 2.75) is 44.4 Å². The van der Waals surface area contributed by atoms with Crippen LogP contribution >= 0.6 is 0 Å². The number of carbonyl (C=O) groups is 2. The second kappa shape index (κ2) is 15.4. The van der Waals surface area contributed by atoms with E-state index in [1.54, 1.807) is 12.4 Å². The number of alkyl halides is 3. The Kier molecular flexibility index (Phi) is 10.8. The fraction of sp³-hybridized carbons (Fsp3) is 0.316. The number of fused-ring (bicyclic) bond motifs is 2. The Hall–Kier alpha value is -5.14. The molecule has 51 heavy (non-hydrogen) atoms. The smallest absolute Gasteiger partial charge is 0.411 e. The Morgan fingerprint density at radius 2 is 1.73 bits per heavy atom. The quantitative estimate of drug-likeness (QED) is 0.170. The van der Waals surface area contributed by atoms with E-state index in [-0.39, 0.29) is 37.4 Å². The molecule has 2 fully saturated rings. The number of nitrogens with two attached hydrogens (primary N) is 1. The molecule has 266 valence electrons. The molecule has 5 aromatic rings. The first kappa shape index (κ1) is 35.7. The summed E-state index contributed by atoms with van der Waals surface area (Å²) in [5.41, 5.74) is 8.42. The maximum Gasteiger partial charge on any atom is 0.411 e. The number of aliphatic carboxylic acids is 1. The minimum atomic E-state index is -4.51. The molecule has 0 radical (unpaired) electrons. The molecule has 0 spiro atoms. The van der Waals surface area contributed by atoms with Gasteiger partial charge in [0.1, 0.15) is 11.9 Å². The number of carboxylic acids is 1. The Morgan fingerprint density at radius 3 is 2.47 bits per heavy atom. The third kappa shape index (κ3) is 8.10. The number of ether oxygens (including phenoxy) is 1. The van der Waals surface area contributed by atoms with Crippen LogP contribution in [0.2, 0.25) is 0 Å². The van der Waals surface area contributed by atoms with Gasteiger partial charge in [-0.3, -0.25) is 24.5 Å². The number of amides is 1. The summed E-state index contributed by atoms with van der Waals surface area (Å²) in [6.07, 6.45) is 3.54.